The van der Waals surface area contributed by atoms with Gasteiger partial charge in [-0.05, 0) is 35.7 Å². The third-order valence-corrected chi connectivity index (χ3v) is 8.27. The van der Waals surface area contributed by atoms with Crippen molar-refractivity contribution in [3.05, 3.63) is 108 Å². The van der Waals surface area contributed by atoms with Crippen molar-refractivity contribution in [3.63, 3.8) is 0 Å². The lowest BCUT2D eigenvalue weighted by Crippen LogP contribution is -2.36. The molecule has 44 heavy (non-hydrogen) atoms. The number of ether oxygens (including phenoxy) is 2. The number of hydrogen-bond donors (Lipinski definition) is 3. The van der Waals surface area contributed by atoms with Crippen molar-refractivity contribution < 1.29 is 37.9 Å². The van der Waals surface area contributed by atoms with Gasteiger partial charge in [-0.3, -0.25) is 33.8 Å². The molecule has 2 unspecified atom stereocenters. The first kappa shape index (κ1) is 33.0. The molecule has 0 amide bonds. The minimum absolute atomic E-state index is 0.0409. The van der Waals surface area contributed by atoms with Crippen molar-refractivity contribution in [2.45, 2.75) is 44.4 Å². The summed E-state index contributed by atoms with van der Waals surface area (Å²) in [7, 11) is -4.43. The number of carbonyl (C=O) groups excluding carboxylic acids is 1. The van der Waals surface area contributed by atoms with Crippen molar-refractivity contribution in [2.75, 3.05) is 6.61 Å². The lowest BCUT2D eigenvalue weighted by atomic mass is 10.2. The van der Waals surface area contributed by atoms with Crippen LogP contribution in [-0.4, -0.2) is 50.4 Å². The number of hydrogen-bond acceptors (Lipinski definition) is 11. The van der Waals surface area contributed by atoms with Crippen LogP contribution < -0.4 is 20.9 Å². The molecule has 1 fully saturated rings. The number of aromatic amines is 1. The third-order valence-electron chi connectivity index (χ3n) is 6.36. The average Bonchev–Trinajstić information content (AvgIpc) is 3.37. The van der Waals surface area contributed by atoms with Crippen LogP contribution in [-0.2, 0) is 30.0 Å². The number of nitrogens with one attached hydrogen (secondary N) is 2. The van der Waals surface area contributed by atoms with Gasteiger partial charge in [0.15, 0.2) is 0 Å². The van der Waals surface area contributed by atoms with Crippen LogP contribution in [0.15, 0.2) is 75.4 Å². The molecule has 1 saturated heterocycles. The highest BCUT2D eigenvalue weighted by Crippen LogP contribution is 2.46. The smallest absolute Gasteiger partial charge is 0.459 e. The topological polar surface area (TPSA) is 201 Å². The number of nitro benzene ring substituents is 1. The summed E-state index contributed by atoms with van der Waals surface area (Å²) >= 11 is 3.07. The summed E-state index contributed by atoms with van der Waals surface area (Å²) in [6, 6.07) is 12.4. The Morgan fingerprint density at radius 1 is 1.27 bits per heavy atom. The van der Waals surface area contributed by atoms with Crippen molar-refractivity contribution in [2.24, 2.45) is 0 Å². The van der Waals surface area contributed by atoms with Gasteiger partial charge in [-0.1, -0.05) is 46.3 Å². The fourth-order valence-corrected chi connectivity index (χ4v) is 5.90. The summed E-state index contributed by atoms with van der Waals surface area (Å²) in [5.74, 6) is -0.845. The Morgan fingerprint density at radius 2 is 1.98 bits per heavy atom. The van der Waals surface area contributed by atoms with Crippen LogP contribution in [0.5, 0.6) is 5.75 Å². The van der Waals surface area contributed by atoms with Crippen LogP contribution in [0.1, 0.15) is 30.7 Å². The van der Waals surface area contributed by atoms with Crippen molar-refractivity contribution in [1.82, 2.24) is 14.6 Å². The van der Waals surface area contributed by atoms with Gasteiger partial charge in [-0.25, -0.2) is 9.36 Å². The van der Waals surface area contributed by atoms with Crippen LogP contribution in [0.4, 0.5) is 5.69 Å². The molecule has 17 heteroatoms. The van der Waals surface area contributed by atoms with Crippen molar-refractivity contribution in [1.29, 1.82) is 0 Å². The van der Waals surface area contributed by atoms with Gasteiger partial charge in [-0.15, -0.1) is 0 Å². The Bertz CT molecular complexity index is 1660. The highest BCUT2D eigenvalue weighted by Gasteiger charge is 2.39. The molecule has 1 aliphatic rings. The van der Waals surface area contributed by atoms with E-state index in [1.165, 1.54) is 36.3 Å². The Kier molecular flexibility index (Phi) is 11.0. The van der Waals surface area contributed by atoms with Crippen molar-refractivity contribution in [3.8, 4) is 5.75 Å². The second-order valence-electron chi connectivity index (χ2n) is 9.56. The predicted octanol–water partition coefficient (Wildman–Crippen LogP) is 3.38. The molecule has 0 bridgehead atoms. The van der Waals surface area contributed by atoms with E-state index in [-0.39, 0.29) is 30.0 Å². The molecule has 2 aromatic carbocycles. The number of aliphatic hydroxyl groups is 1. The van der Waals surface area contributed by atoms with E-state index in [1.54, 1.807) is 24.3 Å². The minimum atomic E-state index is -4.43. The van der Waals surface area contributed by atoms with E-state index in [9.17, 15) is 34.2 Å². The molecule has 5 atom stereocenters. The molecule has 1 aliphatic heterocycles. The quantitative estimate of drug-likeness (QED) is 0.102. The Balaban J connectivity index is 1.48. The van der Waals surface area contributed by atoms with Crippen LogP contribution in [0.3, 0.4) is 0 Å². The molecule has 4 rings (SSSR count). The molecule has 15 nitrogen and oxygen atoms in total. The number of nitrogens with zero attached hydrogens (tertiary/aromatic N) is 2. The number of carbonyl (C=O) groups is 1. The fourth-order valence-electron chi connectivity index (χ4n) is 4.11. The van der Waals surface area contributed by atoms with E-state index in [0.29, 0.717) is 0 Å². The van der Waals surface area contributed by atoms with E-state index in [0.717, 1.165) is 22.3 Å². The van der Waals surface area contributed by atoms with E-state index < -0.39 is 61.0 Å². The van der Waals surface area contributed by atoms with E-state index in [2.05, 4.69) is 26.0 Å². The number of non-ortho nitro benzene ring substituents is 1. The fraction of sp³-hybridized carbons (Fsp3) is 0.296. The molecule has 234 valence electrons. The number of esters is 1. The van der Waals surface area contributed by atoms with Crippen LogP contribution >= 0.6 is 23.7 Å². The van der Waals surface area contributed by atoms with Gasteiger partial charge in [0.05, 0.1) is 23.2 Å². The number of aromatic nitrogens is 2. The number of benzene rings is 2. The lowest BCUT2D eigenvalue weighted by Gasteiger charge is -2.24. The Hall–Kier alpha value is -3.92. The minimum Gasteiger partial charge on any atom is -0.460 e. The highest BCUT2D eigenvalue weighted by molar-refractivity contribution is 9.11. The summed E-state index contributed by atoms with van der Waals surface area (Å²) in [5.41, 5.74) is -0.741. The van der Waals surface area contributed by atoms with Gasteiger partial charge in [0, 0.05) is 24.8 Å². The number of aliphatic hydroxyl groups excluding tert-OH is 1. The lowest BCUT2D eigenvalue weighted by molar-refractivity contribution is -0.384. The van der Waals surface area contributed by atoms with Gasteiger partial charge in [0.1, 0.15) is 30.7 Å². The zero-order chi connectivity index (χ0) is 31.9. The summed E-state index contributed by atoms with van der Waals surface area (Å²) in [6.07, 6.45) is -0.669. The van der Waals surface area contributed by atoms with E-state index in [1.807, 2.05) is 6.07 Å². The third kappa shape index (κ3) is 8.59. The molecular formula is C27H28BrN4O11P. The largest absolute Gasteiger partial charge is 0.460 e. The number of nitro groups is 1. The van der Waals surface area contributed by atoms with Crippen LogP contribution in [0, 0.1) is 10.1 Å². The summed E-state index contributed by atoms with van der Waals surface area (Å²) in [5, 5.41) is 24.2. The maximum atomic E-state index is 13.9. The van der Waals surface area contributed by atoms with Gasteiger partial charge >= 0.3 is 19.4 Å². The normalized spacial score (nSPS) is 20.2. The maximum Gasteiger partial charge on any atom is 0.459 e. The van der Waals surface area contributed by atoms with Crippen LogP contribution in [0.2, 0.25) is 0 Å². The first-order valence-electron chi connectivity index (χ1n) is 13.1. The zero-order valence-electron chi connectivity index (χ0n) is 23.1. The summed E-state index contributed by atoms with van der Waals surface area (Å²) < 4.78 is 37.2. The summed E-state index contributed by atoms with van der Waals surface area (Å²) in [6.45, 7) is 0.814. The molecule has 3 N–H and O–H groups in total. The second-order valence-corrected chi connectivity index (χ2v) is 11.8. The average molecular weight is 695 g/mol. The summed E-state index contributed by atoms with van der Waals surface area (Å²) in [4.78, 5) is 51.1. The zero-order valence-corrected chi connectivity index (χ0v) is 25.6. The molecule has 0 radical (unpaired) electrons. The predicted molar refractivity (Wildman–Crippen MR) is 160 cm³/mol. The first-order chi connectivity index (χ1) is 21.0. The Labute approximate surface area is 258 Å². The van der Waals surface area contributed by atoms with Gasteiger partial charge in [0.25, 0.3) is 11.2 Å². The number of rotatable bonds is 13. The molecule has 0 saturated carbocycles. The van der Waals surface area contributed by atoms with Crippen molar-refractivity contribution >= 4 is 41.4 Å². The van der Waals surface area contributed by atoms with Crippen LogP contribution in [0.25, 0.3) is 6.08 Å². The molecule has 2 heterocycles. The number of halogens is 1. The highest BCUT2D eigenvalue weighted by atomic mass is 79.9. The van der Waals surface area contributed by atoms with Gasteiger partial charge < -0.3 is 19.1 Å². The second kappa shape index (κ2) is 14.7. The SMILES string of the molecule is C[C@H](NP(=O)(OCC1O[C@@H](n2cc(/C=C/Br)c(=O)[nH]c2=O)C[C@H]1O)Oc1ccc([N+](=O)[O-])cc1)C(=O)OCc1ccccc1. The standard InChI is InChI=1S/C27H28BrN4O11P/c1-17(26(35)40-15-18-5-3-2-4-6-18)30-44(39,43-21-9-7-20(8-10-21)32(37)38)41-16-23-22(33)13-24(42-23)31-14-19(11-12-28)25(34)29-27(31)36/h2-12,14,17,22-24,33H,13,15-16H2,1H3,(H,30,39)(H,29,34,36)/b12-11+/t17-,22+,23?,24+,44?/m0/s1. The van der Waals surface area contributed by atoms with Gasteiger partial charge in [0.2, 0.25) is 0 Å². The van der Waals surface area contributed by atoms with Gasteiger partial charge in [-0.2, -0.15) is 5.09 Å². The van der Waals surface area contributed by atoms with E-state index in [4.69, 9.17) is 18.5 Å². The first-order valence-corrected chi connectivity index (χ1v) is 15.6. The Morgan fingerprint density at radius 3 is 2.64 bits per heavy atom. The molecule has 3 aromatic rings. The maximum absolute atomic E-state index is 13.9. The molecular weight excluding hydrogens is 667 g/mol. The molecule has 0 aliphatic carbocycles. The monoisotopic (exact) mass is 694 g/mol. The number of H-pyrrole nitrogens is 1. The molecule has 0 spiro atoms. The van der Waals surface area contributed by atoms with E-state index >= 15 is 0 Å². The molecule has 1 aromatic heterocycles.